The van der Waals surface area contributed by atoms with Gasteiger partial charge < -0.3 is 0 Å². The average molecular weight is 294 g/mol. The molecule has 1 aromatic carbocycles. The van der Waals surface area contributed by atoms with Gasteiger partial charge in [0.2, 0.25) is 0 Å². The minimum atomic E-state index is -4.04. The predicted octanol–water partition coefficient (Wildman–Crippen LogP) is 4.66. The van der Waals surface area contributed by atoms with Crippen LogP contribution in [0.3, 0.4) is 0 Å². The molecule has 0 aliphatic heterocycles. The maximum atomic E-state index is 12.5. The molecule has 0 aliphatic carbocycles. The number of hydrogen-bond donors (Lipinski definition) is 0. The molecule has 0 heterocycles. The van der Waals surface area contributed by atoms with Crippen LogP contribution in [-0.4, -0.2) is 11.2 Å². The lowest BCUT2D eigenvalue weighted by atomic mass is 10.1. The topological polar surface area (TPSA) is 17.1 Å². The van der Waals surface area contributed by atoms with Gasteiger partial charge in [0.05, 0.1) is 15.6 Å². The van der Waals surface area contributed by atoms with Crippen LogP contribution in [0.15, 0.2) is 12.1 Å². The van der Waals surface area contributed by atoms with Crippen LogP contribution in [0.4, 0.5) is 8.78 Å². The van der Waals surface area contributed by atoms with Crippen LogP contribution >= 0.6 is 46.4 Å². The number of carbonyl (C=O) groups is 1. The zero-order valence-electron chi connectivity index (χ0n) is 6.83. The molecule has 0 saturated heterocycles. The molecule has 0 N–H and O–H groups in total. The molecule has 0 aromatic heterocycles. The highest BCUT2D eigenvalue weighted by Crippen LogP contribution is 2.34. The highest BCUT2D eigenvalue weighted by molar-refractivity contribution is 6.45. The molecule has 0 fully saturated rings. The number of alkyl halides is 3. The third-order valence-corrected chi connectivity index (χ3v) is 2.48. The fraction of sp³-hybridized carbons (Fsp3) is 0.125. The number of hydrogen-bond acceptors (Lipinski definition) is 1. The van der Waals surface area contributed by atoms with Crippen molar-refractivity contribution in [3.05, 3.63) is 32.8 Å². The van der Waals surface area contributed by atoms with Crippen molar-refractivity contribution in [1.82, 2.24) is 0 Å². The fourth-order valence-electron chi connectivity index (χ4n) is 0.901. The van der Waals surface area contributed by atoms with Gasteiger partial charge in [-0.05, 0) is 23.7 Å². The fourth-order valence-corrected chi connectivity index (χ4v) is 1.98. The van der Waals surface area contributed by atoms with Gasteiger partial charge in [0.15, 0.2) is 0 Å². The van der Waals surface area contributed by atoms with E-state index in [4.69, 9.17) is 34.8 Å². The van der Waals surface area contributed by atoms with Crippen LogP contribution in [0.25, 0.3) is 0 Å². The minimum absolute atomic E-state index is 0.138. The molecule has 0 amide bonds. The van der Waals surface area contributed by atoms with E-state index >= 15 is 0 Å². The second-order valence-corrected chi connectivity index (χ2v) is 4.30. The van der Waals surface area contributed by atoms with Crippen LogP contribution in [0.5, 0.6) is 0 Å². The molecule has 0 radical (unpaired) electrons. The number of halogens is 6. The molecule has 0 saturated carbocycles. The third kappa shape index (κ3) is 2.94. The minimum Gasteiger partial charge on any atom is -0.286 e. The lowest BCUT2D eigenvalue weighted by molar-refractivity contribution is 0.0536. The summed E-state index contributed by atoms with van der Waals surface area (Å²) in [6.07, 6.45) is 0. The van der Waals surface area contributed by atoms with Crippen LogP contribution < -0.4 is 0 Å². The highest BCUT2D eigenvalue weighted by atomic mass is 35.5. The molecule has 0 aliphatic rings. The zero-order valence-corrected chi connectivity index (χ0v) is 9.85. The standard InChI is InChI=1S/C8H2Cl4F2O/c9-3-1-4(10)6(5(11)2-3)7(15)8(12,13)14/h1-2H. The third-order valence-electron chi connectivity index (χ3n) is 1.49. The molecule has 7 heteroatoms. The number of Topliss-reactive ketones (excluding diaryl/α,β-unsaturated/α-hetero) is 1. The Morgan fingerprint density at radius 3 is 1.87 bits per heavy atom. The Kier molecular flexibility index (Phi) is 3.82. The molecule has 1 aromatic rings. The maximum absolute atomic E-state index is 12.5. The first kappa shape index (κ1) is 13.0. The Bertz CT molecular complexity index is 391. The Balaban J connectivity index is 3.33. The largest absolute Gasteiger partial charge is 0.385 e. The number of ketones is 1. The molecule has 1 rings (SSSR count). The Morgan fingerprint density at radius 2 is 1.53 bits per heavy atom. The van der Waals surface area contributed by atoms with E-state index in [1.807, 2.05) is 0 Å². The summed E-state index contributed by atoms with van der Waals surface area (Å²) in [4.78, 5) is 11.1. The second kappa shape index (κ2) is 4.42. The van der Waals surface area contributed by atoms with Gasteiger partial charge in [-0.1, -0.05) is 34.8 Å². The second-order valence-electron chi connectivity index (χ2n) is 2.57. The van der Waals surface area contributed by atoms with E-state index in [0.717, 1.165) is 12.1 Å². The Morgan fingerprint density at radius 1 is 1.13 bits per heavy atom. The van der Waals surface area contributed by atoms with Crippen LogP contribution in [0.1, 0.15) is 10.4 Å². The van der Waals surface area contributed by atoms with Crippen LogP contribution in [-0.2, 0) is 0 Å². The summed E-state index contributed by atoms with van der Waals surface area (Å²) in [7, 11) is 0. The maximum Gasteiger partial charge on any atom is 0.385 e. The van der Waals surface area contributed by atoms with Gasteiger partial charge >= 0.3 is 5.38 Å². The number of benzene rings is 1. The summed E-state index contributed by atoms with van der Waals surface area (Å²) in [6, 6.07) is 2.26. The summed E-state index contributed by atoms with van der Waals surface area (Å²) >= 11 is 21.2. The van der Waals surface area contributed by atoms with Crippen molar-refractivity contribution in [2.75, 3.05) is 0 Å². The van der Waals surface area contributed by atoms with Gasteiger partial charge in [-0.15, -0.1) is 0 Å². The van der Waals surface area contributed by atoms with Crippen LogP contribution in [0.2, 0.25) is 15.1 Å². The summed E-state index contributed by atoms with van der Waals surface area (Å²) in [5.41, 5.74) is -0.539. The molecular weight excluding hydrogens is 292 g/mol. The van der Waals surface area contributed by atoms with Gasteiger partial charge in [0.25, 0.3) is 5.78 Å². The number of carbonyl (C=O) groups excluding carboxylic acids is 1. The molecule has 15 heavy (non-hydrogen) atoms. The van der Waals surface area contributed by atoms with E-state index in [1.54, 1.807) is 0 Å². The van der Waals surface area contributed by atoms with E-state index in [2.05, 4.69) is 11.6 Å². The van der Waals surface area contributed by atoms with Gasteiger partial charge in [0, 0.05) is 5.02 Å². The normalized spacial score (nSPS) is 11.6. The molecule has 0 bridgehead atoms. The Labute approximate surface area is 104 Å². The van der Waals surface area contributed by atoms with E-state index < -0.39 is 16.7 Å². The smallest absolute Gasteiger partial charge is 0.286 e. The molecule has 1 nitrogen and oxygen atoms in total. The first-order valence-corrected chi connectivity index (χ1v) is 5.00. The lowest BCUT2D eigenvalue weighted by Gasteiger charge is -2.10. The Hall–Kier alpha value is -0.0900. The predicted molar refractivity (Wildman–Crippen MR) is 56.6 cm³/mol. The number of rotatable bonds is 2. The molecule has 0 spiro atoms. The van der Waals surface area contributed by atoms with Crippen molar-refractivity contribution in [2.24, 2.45) is 0 Å². The van der Waals surface area contributed by atoms with Gasteiger partial charge in [0.1, 0.15) is 0 Å². The first-order valence-electron chi connectivity index (χ1n) is 3.49. The molecule has 0 unspecified atom stereocenters. The summed E-state index contributed by atoms with van der Waals surface area (Å²) in [5.74, 6) is -1.66. The van der Waals surface area contributed by atoms with Crippen molar-refractivity contribution >= 4 is 52.2 Å². The van der Waals surface area contributed by atoms with E-state index in [9.17, 15) is 13.6 Å². The van der Waals surface area contributed by atoms with Crippen LogP contribution in [0, 0.1) is 0 Å². The van der Waals surface area contributed by atoms with E-state index in [0.29, 0.717) is 0 Å². The highest BCUT2D eigenvalue weighted by Gasteiger charge is 2.39. The first-order chi connectivity index (χ1) is 6.73. The lowest BCUT2D eigenvalue weighted by Crippen LogP contribution is -2.22. The van der Waals surface area contributed by atoms with Crippen molar-refractivity contribution in [2.45, 2.75) is 5.38 Å². The van der Waals surface area contributed by atoms with Gasteiger partial charge in [-0.2, -0.15) is 8.78 Å². The summed E-state index contributed by atoms with van der Waals surface area (Å²) < 4.78 is 25.1. The van der Waals surface area contributed by atoms with Crippen molar-refractivity contribution in [3.63, 3.8) is 0 Å². The van der Waals surface area contributed by atoms with E-state index in [1.165, 1.54) is 0 Å². The van der Waals surface area contributed by atoms with E-state index in [-0.39, 0.29) is 15.1 Å². The molecular formula is C8H2Cl4F2O. The van der Waals surface area contributed by atoms with Gasteiger partial charge in [-0.3, -0.25) is 4.79 Å². The quantitative estimate of drug-likeness (QED) is 0.572. The van der Waals surface area contributed by atoms with Gasteiger partial charge in [-0.25, -0.2) is 0 Å². The average Bonchev–Trinajstić information content (AvgIpc) is 1.99. The van der Waals surface area contributed by atoms with Crippen molar-refractivity contribution < 1.29 is 13.6 Å². The molecule has 0 atom stereocenters. The van der Waals surface area contributed by atoms with Crippen molar-refractivity contribution in [3.8, 4) is 0 Å². The SMILES string of the molecule is O=C(c1c(Cl)cc(Cl)cc1Cl)C(F)(F)Cl. The zero-order chi connectivity index (χ0) is 11.8. The summed E-state index contributed by atoms with van der Waals surface area (Å²) in [6.45, 7) is 0. The van der Waals surface area contributed by atoms with Crippen molar-refractivity contribution in [1.29, 1.82) is 0 Å². The summed E-state index contributed by atoms with van der Waals surface area (Å²) in [5, 5.41) is -4.43. The molecule has 82 valence electrons. The monoisotopic (exact) mass is 292 g/mol.